The SMILES string of the molecule is CCCCOC(=O)N1CCC(=O)c2ccccc21. The highest BCUT2D eigenvalue weighted by Gasteiger charge is 2.27. The van der Waals surface area contributed by atoms with Crippen LogP contribution in [0.3, 0.4) is 0 Å². The Labute approximate surface area is 107 Å². The van der Waals surface area contributed by atoms with E-state index >= 15 is 0 Å². The van der Waals surface area contributed by atoms with Crippen LogP contribution in [0.4, 0.5) is 10.5 Å². The van der Waals surface area contributed by atoms with Gasteiger partial charge in [-0.05, 0) is 18.6 Å². The van der Waals surface area contributed by atoms with Crippen molar-refractivity contribution >= 4 is 17.6 Å². The first kappa shape index (κ1) is 12.6. The molecule has 0 N–H and O–H groups in total. The number of Topliss-reactive ketones (excluding diaryl/α,β-unsaturated/α-hetero) is 1. The molecular weight excluding hydrogens is 230 g/mol. The van der Waals surface area contributed by atoms with E-state index in [1.165, 1.54) is 0 Å². The predicted molar refractivity (Wildman–Crippen MR) is 69.0 cm³/mol. The van der Waals surface area contributed by atoms with E-state index in [4.69, 9.17) is 4.74 Å². The van der Waals surface area contributed by atoms with Crippen molar-refractivity contribution in [2.45, 2.75) is 26.2 Å². The third-order valence-corrected chi connectivity index (χ3v) is 3.00. The van der Waals surface area contributed by atoms with Crippen molar-refractivity contribution in [2.75, 3.05) is 18.1 Å². The van der Waals surface area contributed by atoms with Crippen LogP contribution in [0.1, 0.15) is 36.5 Å². The molecule has 96 valence electrons. The Kier molecular flexibility index (Phi) is 3.97. The van der Waals surface area contributed by atoms with Gasteiger partial charge in [0.05, 0.1) is 12.3 Å². The summed E-state index contributed by atoms with van der Waals surface area (Å²) in [5.74, 6) is 0.0863. The number of hydrogen-bond donors (Lipinski definition) is 0. The van der Waals surface area contributed by atoms with Gasteiger partial charge in [0.25, 0.3) is 0 Å². The fraction of sp³-hybridized carbons (Fsp3) is 0.429. The maximum absolute atomic E-state index is 11.9. The lowest BCUT2D eigenvalue weighted by molar-refractivity contribution is 0.0978. The minimum atomic E-state index is -0.358. The van der Waals surface area contributed by atoms with Crippen molar-refractivity contribution in [2.24, 2.45) is 0 Å². The van der Waals surface area contributed by atoms with Gasteiger partial charge in [0.2, 0.25) is 0 Å². The quantitative estimate of drug-likeness (QED) is 0.771. The van der Waals surface area contributed by atoms with Crippen LogP contribution in [0.5, 0.6) is 0 Å². The van der Waals surface area contributed by atoms with Crippen LogP contribution in [0, 0.1) is 0 Å². The predicted octanol–water partition coefficient (Wildman–Crippen LogP) is 3.02. The van der Waals surface area contributed by atoms with E-state index < -0.39 is 0 Å². The Balaban J connectivity index is 2.13. The smallest absolute Gasteiger partial charge is 0.414 e. The molecule has 0 unspecified atom stereocenters. The first-order valence-electron chi connectivity index (χ1n) is 6.30. The summed E-state index contributed by atoms with van der Waals surface area (Å²) in [4.78, 5) is 25.2. The highest BCUT2D eigenvalue weighted by molar-refractivity contribution is 6.07. The molecule has 0 spiro atoms. The van der Waals surface area contributed by atoms with Crippen molar-refractivity contribution in [3.8, 4) is 0 Å². The summed E-state index contributed by atoms with van der Waals surface area (Å²) in [7, 11) is 0. The standard InChI is InChI=1S/C14H17NO3/c1-2-3-10-18-14(17)15-9-8-13(16)11-6-4-5-7-12(11)15/h4-7H,2-3,8-10H2,1H3. The molecule has 0 radical (unpaired) electrons. The topological polar surface area (TPSA) is 46.6 Å². The monoisotopic (exact) mass is 247 g/mol. The number of fused-ring (bicyclic) bond motifs is 1. The molecule has 4 heteroatoms. The number of amides is 1. The van der Waals surface area contributed by atoms with Crippen molar-refractivity contribution in [1.29, 1.82) is 0 Å². The van der Waals surface area contributed by atoms with Crippen molar-refractivity contribution in [1.82, 2.24) is 0 Å². The molecule has 4 nitrogen and oxygen atoms in total. The molecule has 0 aliphatic carbocycles. The molecule has 18 heavy (non-hydrogen) atoms. The van der Waals surface area contributed by atoms with Gasteiger partial charge in [-0.3, -0.25) is 9.69 Å². The van der Waals surface area contributed by atoms with E-state index in [-0.39, 0.29) is 11.9 Å². The number of para-hydroxylation sites is 1. The highest BCUT2D eigenvalue weighted by Crippen LogP contribution is 2.27. The second-order valence-electron chi connectivity index (χ2n) is 4.31. The van der Waals surface area contributed by atoms with E-state index in [9.17, 15) is 9.59 Å². The highest BCUT2D eigenvalue weighted by atomic mass is 16.6. The Hall–Kier alpha value is -1.84. The van der Waals surface area contributed by atoms with E-state index in [1.807, 2.05) is 19.1 Å². The number of rotatable bonds is 3. The third-order valence-electron chi connectivity index (χ3n) is 3.00. The van der Waals surface area contributed by atoms with Crippen LogP contribution in [0.25, 0.3) is 0 Å². The van der Waals surface area contributed by atoms with E-state index in [0.717, 1.165) is 12.8 Å². The summed E-state index contributed by atoms with van der Waals surface area (Å²) in [6, 6.07) is 7.17. The van der Waals surface area contributed by atoms with Crippen LogP contribution in [0.15, 0.2) is 24.3 Å². The lowest BCUT2D eigenvalue weighted by Gasteiger charge is -2.27. The van der Waals surface area contributed by atoms with E-state index in [1.54, 1.807) is 17.0 Å². The molecule has 1 amide bonds. The zero-order valence-corrected chi connectivity index (χ0v) is 10.5. The molecular formula is C14H17NO3. The minimum absolute atomic E-state index is 0.0863. The summed E-state index contributed by atoms with van der Waals surface area (Å²) in [6.45, 7) is 2.88. The van der Waals surface area contributed by atoms with Gasteiger partial charge in [-0.1, -0.05) is 25.5 Å². The van der Waals surface area contributed by atoms with Gasteiger partial charge < -0.3 is 4.74 Å². The van der Waals surface area contributed by atoms with E-state index in [0.29, 0.717) is 30.8 Å². The lowest BCUT2D eigenvalue weighted by atomic mass is 10.0. The maximum Gasteiger partial charge on any atom is 0.414 e. The molecule has 1 heterocycles. The van der Waals surface area contributed by atoms with Crippen LogP contribution in [-0.4, -0.2) is 25.0 Å². The number of hydrogen-bond acceptors (Lipinski definition) is 3. The Morgan fingerprint density at radius 2 is 2.17 bits per heavy atom. The number of unbranched alkanes of at least 4 members (excludes halogenated alkanes) is 1. The van der Waals surface area contributed by atoms with Crippen LogP contribution in [0.2, 0.25) is 0 Å². The Morgan fingerprint density at radius 3 is 2.94 bits per heavy atom. The first-order chi connectivity index (χ1) is 8.74. The Bertz CT molecular complexity index is 456. The number of anilines is 1. The van der Waals surface area contributed by atoms with Crippen LogP contribution < -0.4 is 4.90 Å². The molecule has 0 aromatic heterocycles. The largest absolute Gasteiger partial charge is 0.449 e. The molecule has 1 aromatic carbocycles. The molecule has 0 saturated carbocycles. The molecule has 0 bridgehead atoms. The number of ketones is 1. The van der Waals surface area contributed by atoms with Gasteiger partial charge in [-0.25, -0.2) is 4.79 Å². The maximum atomic E-state index is 11.9. The molecule has 2 rings (SSSR count). The average molecular weight is 247 g/mol. The molecule has 1 aliphatic rings. The Morgan fingerprint density at radius 1 is 1.39 bits per heavy atom. The summed E-state index contributed by atoms with van der Waals surface area (Å²) < 4.78 is 5.19. The average Bonchev–Trinajstić information content (AvgIpc) is 2.39. The number of carbonyl (C=O) groups excluding carboxylic acids is 2. The summed E-state index contributed by atoms with van der Waals surface area (Å²) in [5.41, 5.74) is 1.27. The lowest BCUT2D eigenvalue weighted by Crippen LogP contribution is -2.37. The number of carbonyl (C=O) groups is 2. The second-order valence-corrected chi connectivity index (χ2v) is 4.31. The summed E-state index contributed by atoms with van der Waals surface area (Å²) >= 11 is 0. The van der Waals surface area contributed by atoms with Crippen molar-refractivity contribution in [3.05, 3.63) is 29.8 Å². The molecule has 1 aromatic rings. The summed E-state index contributed by atoms with van der Waals surface area (Å²) in [6.07, 6.45) is 1.85. The van der Waals surface area contributed by atoms with Gasteiger partial charge >= 0.3 is 6.09 Å². The van der Waals surface area contributed by atoms with Crippen molar-refractivity contribution < 1.29 is 14.3 Å². The fourth-order valence-corrected chi connectivity index (χ4v) is 1.98. The van der Waals surface area contributed by atoms with Gasteiger partial charge in [0, 0.05) is 18.5 Å². The zero-order chi connectivity index (χ0) is 13.0. The molecule has 0 saturated heterocycles. The van der Waals surface area contributed by atoms with Gasteiger partial charge in [-0.15, -0.1) is 0 Å². The van der Waals surface area contributed by atoms with Crippen LogP contribution >= 0.6 is 0 Å². The summed E-state index contributed by atoms with van der Waals surface area (Å²) in [5, 5.41) is 0. The van der Waals surface area contributed by atoms with E-state index in [2.05, 4.69) is 0 Å². The molecule has 0 fully saturated rings. The number of ether oxygens (including phenoxy) is 1. The van der Waals surface area contributed by atoms with Gasteiger partial charge in [0.15, 0.2) is 5.78 Å². The first-order valence-corrected chi connectivity index (χ1v) is 6.30. The minimum Gasteiger partial charge on any atom is -0.449 e. The zero-order valence-electron chi connectivity index (χ0n) is 10.5. The van der Waals surface area contributed by atoms with Crippen LogP contribution in [-0.2, 0) is 4.74 Å². The van der Waals surface area contributed by atoms with Crippen molar-refractivity contribution in [3.63, 3.8) is 0 Å². The fourth-order valence-electron chi connectivity index (χ4n) is 1.98. The molecule has 1 aliphatic heterocycles. The number of nitrogens with zero attached hydrogens (tertiary/aromatic N) is 1. The molecule has 0 atom stereocenters. The van der Waals surface area contributed by atoms with Gasteiger partial charge in [0.1, 0.15) is 0 Å². The third kappa shape index (κ3) is 2.53. The number of benzene rings is 1. The second kappa shape index (κ2) is 5.67. The van der Waals surface area contributed by atoms with Gasteiger partial charge in [-0.2, -0.15) is 0 Å². The normalized spacial score (nSPS) is 14.3.